The maximum atomic E-state index is 12.8. The van der Waals surface area contributed by atoms with E-state index in [2.05, 4.69) is 62.5 Å². The van der Waals surface area contributed by atoms with Crippen LogP contribution in [0, 0.1) is 0 Å². The van der Waals surface area contributed by atoms with Crippen molar-refractivity contribution < 1.29 is 37.3 Å². The van der Waals surface area contributed by atoms with E-state index in [1.807, 2.05) is 21.1 Å². The van der Waals surface area contributed by atoms with Crippen molar-refractivity contribution in [3.63, 3.8) is 0 Å². The molecule has 430 valence electrons. The van der Waals surface area contributed by atoms with Gasteiger partial charge in [-0.1, -0.05) is 262 Å². The molecule has 2 atom stereocenters. The first-order chi connectivity index (χ1) is 35.6. The molecule has 0 aromatic rings. The van der Waals surface area contributed by atoms with Gasteiger partial charge in [-0.25, -0.2) is 0 Å². The van der Waals surface area contributed by atoms with E-state index >= 15 is 0 Å². The van der Waals surface area contributed by atoms with E-state index in [0.717, 1.165) is 44.9 Å². The molecule has 0 bridgehead atoms. The fourth-order valence-electron chi connectivity index (χ4n) is 9.02. The van der Waals surface area contributed by atoms with Gasteiger partial charge in [0.15, 0.2) is 0 Å². The van der Waals surface area contributed by atoms with Crippen molar-refractivity contribution >= 4 is 13.8 Å². The SMILES string of the molecule is CCCCCCC/C=C\C/C=C\C/C=C\CCCCCCCCCCCCCOCC(COP(=O)([O-])OCC[N+](C)(C)C)OC(=O)CCCCCCCCCCCCCCC/C=C\CCCCCCCCCC. The Balaban J connectivity index is 4.02. The van der Waals surface area contributed by atoms with Gasteiger partial charge in [-0.3, -0.25) is 9.36 Å². The highest BCUT2D eigenvalue weighted by Crippen LogP contribution is 2.38. The van der Waals surface area contributed by atoms with Gasteiger partial charge < -0.3 is 27.9 Å². The number of unbranched alkanes of at least 4 members (excludes halogenated alkanes) is 37. The summed E-state index contributed by atoms with van der Waals surface area (Å²) < 4.78 is 34.9. The van der Waals surface area contributed by atoms with E-state index < -0.39 is 13.9 Å². The molecule has 8 nitrogen and oxygen atoms in total. The summed E-state index contributed by atoms with van der Waals surface area (Å²) in [6, 6.07) is 0. The molecule has 0 aliphatic rings. The molecule has 0 saturated carbocycles. The molecule has 0 aliphatic carbocycles. The number of hydrogen-bond acceptors (Lipinski definition) is 7. The van der Waals surface area contributed by atoms with Gasteiger partial charge >= 0.3 is 5.97 Å². The Kier molecular flexibility index (Phi) is 55.5. The fraction of sp³-hybridized carbons (Fsp3) is 0.859. The van der Waals surface area contributed by atoms with Crippen LogP contribution < -0.4 is 4.89 Å². The number of nitrogens with zero attached hydrogens (tertiary/aromatic N) is 1. The molecule has 0 aromatic carbocycles. The molecule has 0 fully saturated rings. The Labute approximate surface area is 454 Å². The average molecular weight is 1050 g/mol. The largest absolute Gasteiger partial charge is 0.756 e. The second-order valence-electron chi connectivity index (χ2n) is 22.4. The highest BCUT2D eigenvalue weighted by atomic mass is 31.2. The quantitative estimate of drug-likeness (QED) is 0.0197. The van der Waals surface area contributed by atoms with Crippen LogP contribution in [0.4, 0.5) is 0 Å². The Morgan fingerprint density at radius 3 is 1.14 bits per heavy atom. The van der Waals surface area contributed by atoms with Crippen LogP contribution in [0.5, 0.6) is 0 Å². The van der Waals surface area contributed by atoms with Crippen molar-refractivity contribution in [3.05, 3.63) is 48.6 Å². The minimum Gasteiger partial charge on any atom is -0.756 e. The number of hydrogen-bond donors (Lipinski definition) is 0. The summed E-state index contributed by atoms with van der Waals surface area (Å²) in [5.74, 6) is -0.331. The highest BCUT2D eigenvalue weighted by Gasteiger charge is 2.20. The van der Waals surface area contributed by atoms with E-state index in [-0.39, 0.29) is 25.8 Å². The maximum Gasteiger partial charge on any atom is 0.306 e. The lowest BCUT2D eigenvalue weighted by Gasteiger charge is -2.28. The zero-order chi connectivity index (χ0) is 53.3. The summed E-state index contributed by atoms with van der Waals surface area (Å²) in [7, 11) is 1.36. The van der Waals surface area contributed by atoms with Gasteiger partial charge in [0, 0.05) is 13.0 Å². The number of allylic oxidation sites excluding steroid dienone is 8. The number of carbonyl (C=O) groups excluding carboxylic acids is 1. The second-order valence-corrected chi connectivity index (χ2v) is 23.8. The highest BCUT2D eigenvalue weighted by molar-refractivity contribution is 7.45. The van der Waals surface area contributed by atoms with Crippen molar-refractivity contribution in [2.75, 3.05) is 54.1 Å². The average Bonchev–Trinajstić information content (AvgIpc) is 3.35. The van der Waals surface area contributed by atoms with E-state index in [9.17, 15) is 14.3 Å². The number of phosphoric acid groups is 1. The third-order valence-electron chi connectivity index (χ3n) is 13.9. The molecule has 0 N–H and O–H groups in total. The minimum atomic E-state index is -4.54. The summed E-state index contributed by atoms with van der Waals surface area (Å²) in [4.78, 5) is 25.3. The van der Waals surface area contributed by atoms with Crippen LogP contribution in [-0.4, -0.2) is 70.7 Å². The number of phosphoric ester groups is 1. The number of carbonyl (C=O) groups is 1. The third-order valence-corrected chi connectivity index (χ3v) is 14.8. The van der Waals surface area contributed by atoms with Gasteiger partial charge in [0.2, 0.25) is 0 Å². The zero-order valence-corrected chi connectivity index (χ0v) is 50.0. The summed E-state index contributed by atoms with van der Waals surface area (Å²) in [6.07, 6.45) is 73.1. The molecule has 0 saturated heterocycles. The third kappa shape index (κ3) is 61.2. The predicted molar refractivity (Wildman–Crippen MR) is 314 cm³/mol. The van der Waals surface area contributed by atoms with E-state index in [1.165, 1.54) is 231 Å². The molecule has 2 unspecified atom stereocenters. The zero-order valence-electron chi connectivity index (χ0n) is 49.1. The fourth-order valence-corrected chi connectivity index (χ4v) is 9.75. The monoisotopic (exact) mass is 1050 g/mol. The molecule has 0 radical (unpaired) electrons. The van der Waals surface area contributed by atoms with Crippen molar-refractivity contribution in [2.24, 2.45) is 0 Å². The molecule has 73 heavy (non-hydrogen) atoms. The molecule has 0 aromatic heterocycles. The Morgan fingerprint density at radius 2 is 0.753 bits per heavy atom. The predicted octanol–water partition coefficient (Wildman–Crippen LogP) is 19.6. The Hall–Kier alpha value is -1.54. The van der Waals surface area contributed by atoms with Crippen LogP contribution in [0.3, 0.4) is 0 Å². The smallest absolute Gasteiger partial charge is 0.306 e. The number of likely N-dealkylation sites (N-methyl/N-ethyl adjacent to an activating group) is 1. The molecule has 9 heteroatoms. The molecule has 0 spiro atoms. The molecule has 0 aliphatic heterocycles. The molecular weight excluding hydrogens is 926 g/mol. The summed E-state index contributed by atoms with van der Waals surface area (Å²) in [5.41, 5.74) is 0. The van der Waals surface area contributed by atoms with Crippen LogP contribution in [0.1, 0.15) is 296 Å². The number of esters is 1. The van der Waals surface area contributed by atoms with Gasteiger partial charge in [0.05, 0.1) is 34.4 Å². The lowest BCUT2D eigenvalue weighted by molar-refractivity contribution is -0.870. The van der Waals surface area contributed by atoms with Gasteiger partial charge in [0.1, 0.15) is 19.3 Å². The van der Waals surface area contributed by atoms with Crippen LogP contribution in [-0.2, 0) is 27.9 Å². The first-order valence-electron chi connectivity index (χ1n) is 31.4. The van der Waals surface area contributed by atoms with Crippen LogP contribution in [0.2, 0.25) is 0 Å². The van der Waals surface area contributed by atoms with Gasteiger partial charge in [-0.05, 0) is 77.0 Å². The van der Waals surface area contributed by atoms with Crippen LogP contribution in [0.15, 0.2) is 48.6 Å². The van der Waals surface area contributed by atoms with Gasteiger partial charge in [-0.15, -0.1) is 0 Å². The van der Waals surface area contributed by atoms with Gasteiger partial charge in [0.25, 0.3) is 7.82 Å². The lowest BCUT2D eigenvalue weighted by atomic mass is 10.0. The minimum absolute atomic E-state index is 0.0258. The van der Waals surface area contributed by atoms with E-state index in [0.29, 0.717) is 24.1 Å². The van der Waals surface area contributed by atoms with Gasteiger partial charge in [-0.2, -0.15) is 0 Å². The Morgan fingerprint density at radius 1 is 0.425 bits per heavy atom. The number of ether oxygens (including phenoxy) is 2. The topological polar surface area (TPSA) is 94.1 Å². The van der Waals surface area contributed by atoms with E-state index in [1.54, 1.807) is 0 Å². The first-order valence-corrected chi connectivity index (χ1v) is 32.8. The number of rotatable bonds is 59. The van der Waals surface area contributed by atoms with E-state index in [4.69, 9.17) is 18.5 Å². The lowest BCUT2D eigenvalue weighted by Crippen LogP contribution is -2.37. The normalized spacial score (nSPS) is 13.7. The standard InChI is InChI=1S/C64H122NO7P/c1-6-8-10-12-14-16-18-20-22-24-26-28-30-32-34-36-38-40-42-44-46-48-50-52-54-56-59-69-61-63(62-71-73(67,68)70-60-58-65(3,4)5)72-64(66)57-55-53-51-49-47-45-43-41-39-37-35-33-31-29-27-25-23-21-19-17-15-13-11-9-7-2/h18,20,24-27,30,32,63H,6-17,19,21-23,28-29,31,33-62H2,1-5H3/b20-18-,26-24-,27-25-,32-30-. The molecular formula is C64H122NO7P. The molecule has 0 amide bonds. The summed E-state index contributed by atoms with van der Waals surface area (Å²) in [6.45, 7) is 5.44. The van der Waals surface area contributed by atoms with Crippen LogP contribution >= 0.6 is 7.82 Å². The van der Waals surface area contributed by atoms with Crippen molar-refractivity contribution in [2.45, 2.75) is 302 Å². The van der Waals surface area contributed by atoms with Crippen molar-refractivity contribution in [3.8, 4) is 0 Å². The molecule has 0 rings (SSSR count). The summed E-state index contributed by atoms with van der Waals surface area (Å²) >= 11 is 0. The molecule has 0 heterocycles. The summed E-state index contributed by atoms with van der Waals surface area (Å²) in [5, 5.41) is 0. The maximum absolute atomic E-state index is 12.8. The first kappa shape index (κ1) is 71.5. The second kappa shape index (κ2) is 56.7. The van der Waals surface area contributed by atoms with Crippen LogP contribution in [0.25, 0.3) is 0 Å². The van der Waals surface area contributed by atoms with Crippen molar-refractivity contribution in [1.82, 2.24) is 0 Å². The number of quaternary nitrogens is 1. The van der Waals surface area contributed by atoms with Crippen molar-refractivity contribution in [1.29, 1.82) is 0 Å². The Bertz CT molecular complexity index is 1310.